The van der Waals surface area contributed by atoms with Crippen LogP contribution in [0, 0.1) is 10.1 Å². The Morgan fingerprint density at radius 3 is 2.51 bits per heavy atom. The van der Waals surface area contributed by atoms with E-state index >= 15 is 0 Å². The molecule has 2 atom stereocenters. The van der Waals surface area contributed by atoms with E-state index in [2.05, 4.69) is 14.9 Å². The fraction of sp³-hybridized carbons (Fsp3) is 0.387. The molecule has 0 spiro atoms. The van der Waals surface area contributed by atoms with Crippen molar-refractivity contribution in [3.8, 4) is 11.1 Å². The Labute approximate surface area is 286 Å². The number of nitrogens with zero attached hydrogens (tertiary/aromatic N) is 5. The molecule has 3 aromatic rings. The maximum absolute atomic E-state index is 13.0. The highest BCUT2D eigenvalue weighted by Gasteiger charge is 2.25. The van der Waals surface area contributed by atoms with Crippen LogP contribution in [0.1, 0.15) is 67.5 Å². The summed E-state index contributed by atoms with van der Waals surface area (Å²) in [6.45, 7) is 4.94. The molecule has 2 aromatic carbocycles. The molecule has 2 unspecified atom stereocenters. The molecule has 0 amide bonds. The molecular formula is C31H38ClN7O10. The van der Waals surface area contributed by atoms with E-state index in [0.29, 0.717) is 17.8 Å². The first-order chi connectivity index (χ1) is 23.4. The first-order valence-electron chi connectivity index (χ1n) is 15.2. The third-order valence-corrected chi connectivity index (χ3v) is 7.11. The first kappa shape index (κ1) is 38.0. The fourth-order valence-corrected chi connectivity index (χ4v) is 4.72. The minimum absolute atomic E-state index is 0.0134. The van der Waals surface area contributed by atoms with Gasteiger partial charge in [0.2, 0.25) is 12.5 Å². The van der Waals surface area contributed by atoms with Gasteiger partial charge in [-0.2, -0.15) is 5.12 Å². The summed E-state index contributed by atoms with van der Waals surface area (Å²) in [6.07, 6.45) is -0.845. The molecule has 0 radical (unpaired) electrons. The summed E-state index contributed by atoms with van der Waals surface area (Å²) in [7, 11) is 0. The third-order valence-electron chi connectivity index (χ3n) is 6.85. The number of hydrazone groups is 1. The zero-order valence-corrected chi connectivity index (χ0v) is 27.9. The molecule has 0 saturated carbocycles. The second kappa shape index (κ2) is 18.8. The van der Waals surface area contributed by atoms with E-state index in [1.54, 1.807) is 16.7 Å². The zero-order valence-electron chi connectivity index (χ0n) is 27.2. The number of hydrazine groups is 1. The Kier molecular flexibility index (Phi) is 14.6. The average Bonchev–Trinajstić information content (AvgIpc) is 3.37. The lowest BCUT2D eigenvalue weighted by atomic mass is 9.98. The Bertz CT molecular complexity index is 1620. The van der Waals surface area contributed by atoms with Crippen LogP contribution in [0.15, 0.2) is 53.6 Å². The standard InChI is InChI=1S/C31H38ClN7O10/c1-4-5-11-26-35-28(32)27(30(41)49-21(3)46-19-40)37(26)18-22-12-14-23(15-13-22)24-9-6-7-10-25(24)29(33)36-38(34)20(2)48-31(42)45-16-8-17-47-39(43)44/h6-7,9-10,12-15,19-21H,4-5,8,11,16-18,34H2,1-3H3,(H2,33,36). The number of aryl methyl sites for hydroxylation is 1. The molecule has 4 N–H and O–H groups in total. The van der Waals surface area contributed by atoms with Crippen LogP contribution in [0.25, 0.3) is 11.1 Å². The second-order valence-corrected chi connectivity index (χ2v) is 10.8. The van der Waals surface area contributed by atoms with Crippen LogP contribution in [0.4, 0.5) is 4.79 Å². The number of amidine groups is 1. The van der Waals surface area contributed by atoms with E-state index in [-0.39, 0.29) is 49.3 Å². The number of benzene rings is 2. The van der Waals surface area contributed by atoms with E-state index in [0.717, 1.165) is 34.6 Å². The van der Waals surface area contributed by atoms with Gasteiger partial charge in [0, 0.05) is 31.9 Å². The largest absolute Gasteiger partial charge is 0.510 e. The van der Waals surface area contributed by atoms with E-state index < -0.39 is 29.7 Å². The van der Waals surface area contributed by atoms with Gasteiger partial charge < -0.3 is 34.1 Å². The van der Waals surface area contributed by atoms with Gasteiger partial charge in [-0.1, -0.05) is 73.5 Å². The SMILES string of the molecule is CCCCc1nc(Cl)c(C(=O)OC(C)OC=O)n1Cc1ccc(-c2ccccc2/C(N)=N/N(N)C(C)OC(=O)OCCCO[N+](=O)[O-])cc1. The molecule has 3 rings (SSSR count). The van der Waals surface area contributed by atoms with Crippen LogP contribution in [0.3, 0.4) is 0 Å². The number of carbonyl (C=O) groups is 3. The monoisotopic (exact) mass is 703 g/mol. The minimum atomic E-state index is -1.11. The summed E-state index contributed by atoms with van der Waals surface area (Å²) in [5.74, 6) is 5.85. The predicted octanol–water partition coefficient (Wildman–Crippen LogP) is 4.16. The van der Waals surface area contributed by atoms with Crippen molar-refractivity contribution in [1.82, 2.24) is 14.7 Å². The molecule has 49 heavy (non-hydrogen) atoms. The molecule has 264 valence electrons. The minimum Gasteiger partial charge on any atom is -0.434 e. The molecule has 0 aliphatic rings. The smallest absolute Gasteiger partial charge is 0.434 e. The predicted molar refractivity (Wildman–Crippen MR) is 175 cm³/mol. The van der Waals surface area contributed by atoms with Crippen molar-refractivity contribution >= 4 is 36.0 Å². The van der Waals surface area contributed by atoms with Gasteiger partial charge in [0.1, 0.15) is 5.82 Å². The highest BCUT2D eigenvalue weighted by Crippen LogP contribution is 2.26. The molecular weight excluding hydrogens is 666 g/mol. The van der Waals surface area contributed by atoms with E-state index in [1.807, 2.05) is 43.3 Å². The van der Waals surface area contributed by atoms with Crippen molar-refractivity contribution in [2.75, 3.05) is 13.2 Å². The molecule has 18 heteroatoms. The van der Waals surface area contributed by atoms with E-state index in [1.165, 1.54) is 13.8 Å². The fourth-order valence-electron chi connectivity index (χ4n) is 4.44. The summed E-state index contributed by atoms with van der Waals surface area (Å²) in [5.41, 5.74) is 9.28. The second-order valence-electron chi connectivity index (χ2n) is 10.4. The molecule has 0 aliphatic heterocycles. The molecule has 0 bridgehead atoms. The quantitative estimate of drug-likeness (QED) is 0.0206. The van der Waals surface area contributed by atoms with Gasteiger partial charge in [-0.15, -0.1) is 15.2 Å². The van der Waals surface area contributed by atoms with Crippen molar-refractivity contribution in [1.29, 1.82) is 0 Å². The average molecular weight is 704 g/mol. The normalized spacial score (nSPS) is 12.4. The molecule has 0 fully saturated rings. The van der Waals surface area contributed by atoms with Crippen molar-refractivity contribution in [2.45, 2.75) is 65.5 Å². The molecule has 1 heterocycles. The number of esters is 1. The first-order valence-corrected chi connectivity index (χ1v) is 15.5. The van der Waals surface area contributed by atoms with Gasteiger partial charge in [-0.3, -0.25) is 4.79 Å². The lowest BCUT2D eigenvalue weighted by Gasteiger charge is -2.21. The van der Waals surface area contributed by atoms with Crippen molar-refractivity contribution < 1.29 is 43.3 Å². The van der Waals surface area contributed by atoms with Crippen molar-refractivity contribution in [3.05, 3.63) is 86.4 Å². The number of imidazole rings is 1. The number of carbonyl (C=O) groups excluding carboxylic acids is 3. The van der Waals surface area contributed by atoms with Crippen LogP contribution in [-0.4, -0.2) is 69.9 Å². The number of ether oxygens (including phenoxy) is 4. The maximum Gasteiger partial charge on any atom is 0.510 e. The summed E-state index contributed by atoms with van der Waals surface area (Å²) < 4.78 is 21.5. The molecule has 17 nitrogen and oxygen atoms in total. The Morgan fingerprint density at radius 1 is 1.12 bits per heavy atom. The van der Waals surface area contributed by atoms with E-state index in [4.69, 9.17) is 42.1 Å². The van der Waals surface area contributed by atoms with Gasteiger partial charge in [0.05, 0.1) is 13.2 Å². The number of hydrogen-bond acceptors (Lipinski definition) is 14. The zero-order chi connectivity index (χ0) is 35.9. The summed E-state index contributed by atoms with van der Waals surface area (Å²) in [6, 6.07) is 14.7. The van der Waals surface area contributed by atoms with Gasteiger partial charge in [0.25, 0.3) is 11.6 Å². The van der Waals surface area contributed by atoms with Crippen LogP contribution < -0.4 is 11.6 Å². The van der Waals surface area contributed by atoms with Gasteiger partial charge in [0.15, 0.2) is 16.7 Å². The highest BCUT2D eigenvalue weighted by atomic mass is 35.5. The van der Waals surface area contributed by atoms with Crippen LogP contribution in [0.5, 0.6) is 0 Å². The van der Waals surface area contributed by atoms with Gasteiger partial charge >= 0.3 is 12.1 Å². The number of rotatable bonds is 19. The van der Waals surface area contributed by atoms with Crippen LogP contribution in [-0.2, 0) is 41.5 Å². The summed E-state index contributed by atoms with van der Waals surface area (Å²) in [5, 5.41) is 14.2. The third kappa shape index (κ3) is 11.4. The number of halogens is 1. The summed E-state index contributed by atoms with van der Waals surface area (Å²) in [4.78, 5) is 54.3. The van der Waals surface area contributed by atoms with Crippen LogP contribution >= 0.6 is 11.6 Å². The number of unbranched alkanes of at least 4 members (excludes halogenated alkanes) is 1. The Morgan fingerprint density at radius 2 is 1.84 bits per heavy atom. The Balaban J connectivity index is 1.76. The maximum atomic E-state index is 13.0. The topological polar surface area (TPSA) is 226 Å². The number of aromatic nitrogens is 2. The lowest BCUT2D eigenvalue weighted by Crippen LogP contribution is -2.40. The van der Waals surface area contributed by atoms with E-state index in [9.17, 15) is 24.5 Å². The lowest BCUT2D eigenvalue weighted by molar-refractivity contribution is -0.757. The highest BCUT2D eigenvalue weighted by molar-refractivity contribution is 6.32. The summed E-state index contributed by atoms with van der Waals surface area (Å²) >= 11 is 6.39. The number of hydrogen-bond donors (Lipinski definition) is 2. The van der Waals surface area contributed by atoms with Crippen LogP contribution in [0.2, 0.25) is 5.15 Å². The Hall–Kier alpha value is -5.42. The van der Waals surface area contributed by atoms with Gasteiger partial charge in [-0.05, 0) is 30.0 Å². The van der Waals surface area contributed by atoms with Crippen molar-refractivity contribution in [3.63, 3.8) is 0 Å². The molecule has 1 aromatic heterocycles. The molecule has 0 aliphatic carbocycles. The molecule has 0 saturated heterocycles. The van der Waals surface area contributed by atoms with Crippen molar-refractivity contribution in [2.24, 2.45) is 16.7 Å². The van der Waals surface area contributed by atoms with Gasteiger partial charge in [-0.25, -0.2) is 20.4 Å². The number of nitrogens with two attached hydrogens (primary N) is 2.